The van der Waals surface area contributed by atoms with Crippen molar-refractivity contribution in [2.24, 2.45) is 22.2 Å². The number of fused-ring (bicyclic) bond motifs is 1. The van der Waals surface area contributed by atoms with Crippen molar-refractivity contribution < 1.29 is 14.0 Å². The Labute approximate surface area is 161 Å². The van der Waals surface area contributed by atoms with Gasteiger partial charge in [0.25, 0.3) is 0 Å². The van der Waals surface area contributed by atoms with Crippen molar-refractivity contribution >= 4 is 34.4 Å². The summed E-state index contributed by atoms with van der Waals surface area (Å²) in [7, 11) is 0. The number of anilines is 1. The van der Waals surface area contributed by atoms with Crippen LogP contribution in [-0.2, 0) is 9.59 Å². The van der Waals surface area contributed by atoms with Gasteiger partial charge in [-0.1, -0.05) is 0 Å². The minimum Gasteiger partial charge on any atom is -0.423 e. The molecular formula is C18H24N6O4. The van der Waals surface area contributed by atoms with Gasteiger partial charge in [-0.05, 0) is 37.5 Å². The van der Waals surface area contributed by atoms with Crippen LogP contribution < -0.4 is 33.5 Å². The predicted octanol–water partition coefficient (Wildman–Crippen LogP) is -0.463. The van der Waals surface area contributed by atoms with Crippen molar-refractivity contribution in [1.29, 1.82) is 0 Å². The minimum atomic E-state index is -0.814. The second-order valence-electron chi connectivity index (χ2n) is 6.22. The van der Waals surface area contributed by atoms with Crippen LogP contribution in [0.5, 0.6) is 0 Å². The molecule has 0 aliphatic heterocycles. The zero-order chi connectivity index (χ0) is 20.7. The zero-order valence-electron chi connectivity index (χ0n) is 15.5. The van der Waals surface area contributed by atoms with E-state index < -0.39 is 23.5 Å². The summed E-state index contributed by atoms with van der Waals surface area (Å²) >= 11 is 0. The standard InChI is InChI=1S/C18H24N6O4/c1-10-7-16(26)28-14-8-11(4-5-12(10)14)23-17(27)13(24-15(25)9-19)3-2-6-22-18(20)21/h4-5,7-8,13H,2-3,6,9,19H2,1H3,(H,23,27)(H,24,25)(H4,20,21,22)/t13-/m1/s1. The van der Waals surface area contributed by atoms with Gasteiger partial charge in [-0.15, -0.1) is 0 Å². The topological polar surface area (TPSA) is 179 Å². The highest BCUT2D eigenvalue weighted by Crippen LogP contribution is 2.21. The number of nitrogens with zero attached hydrogens (tertiary/aromatic N) is 1. The molecule has 0 fully saturated rings. The second kappa shape index (κ2) is 9.51. The fourth-order valence-corrected chi connectivity index (χ4v) is 2.66. The molecule has 0 spiro atoms. The van der Waals surface area contributed by atoms with Crippen molar-refractivity contribution in [2.45, 2.75) is 25.8 Å². The molecule has 150 valence electrons. The fourth-order valence-electron chi connectivity index (χ4n) is 2.66. The first-order chi connectivity index (χ1) is 13.3. The Morgan fingerprint density at radius 2 is 2.00 bits per heavy atom. The molecule has 1 heterocycles. The molecule has 0 saturated heterocycles. The average Bonchev–Trinajstić information content (AvgIpc) is 2.63. The Bertz CT molecular complexity index is 949. The Kier molecular flexibility index (Phi) is 7.10. The van der Waals surface area contributed by atoms with Crippen LogP contribution in [0.1, 0.15) is 18.4 Å². The summed E-state index contributed by atoms with van der Waals surface area (Å²) < 4.78 is 5.18. The molecule has 0 radical (unpaired) electrons. The minimum absolute atomic E-state index is 0.0417. The van der Waals surface area contributed by atoms with Crippen molar-refractivity contribution in [3.63, 3.8) is 0 Å². The van der Waals surface area contributed by atoms with Gasteiger partial charge in [-0.25, -0.2) is 4.79 Å². The number of guanidine groups is 1. The molecule has 8 N–H and O–H groups in total. The van der Waals surface area contributed by atoms with Crippen LogP contribution >= 0.6 is 0 Å². The molecule has 0 aliphatic carbocycles. The number of carbonyl (C=O) groups is 2. The van der Waals surface area contributed by atoms with Gasteiger partial charge in [-0.2, -0.15) is 0 Å². The van der Waals surface area contributed by atoms with Gasteiger partial charge in [0.2, 0.25) is 11.8 Å². The van der Waals surface area contributed by atoms with Gasteiger partial charge >= 0.3 is 5.63 Å². The van der Waals surface area contributed by atoms with Crippen LogP contribution in [0.25, 0.3) is 11.0 Å². The van der Waals surface area contributed by atoms with Gasteiger partial charge in [-0.3, -0.25) is 14.6 Å². The van der Waals surface area contributed by atoms with Gasteiger partial charge < -0.3 is 32.3 Å². The van der Waals surface area contributed by atoms with Crippen LogP contribution in [0.15, 0.2) is 38.5 Å². The van der Waals surface area contributed by atoms with Crippen molar-refractivity contribution in [3.05, 3.63) is 40.2 Å². The fraction of sp³-hybridized carbons (Fsp3) is 0.333. The smallest absolute Gasteiger partial charge is 0.336 e. The maximum atomic E-state index is 12.6. The van der Waals surface area contributed by atoms with Crippen LogP contribution in [-0.4, -0.2) is 36.9 Å². The van der Waals surface area contributed by atoms with Gasteiger partial charge in [0, 0.05) is 29.8 Å². The lowest BCUT2D eigenvalue weighted by molar-refractivity contribution is -0.125. The molecule has 1 aromatic carbocycles. The summed E-state index contributed by atoms with van der Waals surface area (Å²) in [6.45, 7) is 1.88. The molecular weight excluding hydrogens is 364 g/mol. The van der Waals surface area contributed by atoms with Crippen LogP contribution in [0.4, 0.5) is 5.69 Å². The second-order valence-corrected chi connectivity index (χ2v) is 6.22. The number of nitrogens with one attached hydrogen (secondary N) is 2. The highest BCUT2D eigenvalue weighted by molar-refractivity contribution is 5.98. The average molecular weight is 388 g/mol. The highest BCUT2D eigenvalue weighted by atomic mass is 16.4. The number of benzene rings is 1. The van der Waals surface area contributed by atoms with E-state index in [4.69, 9.17) is 21.6 Å². The lowest BCUT2D eigenvalue weighted by atomic mass is 10.1. The summed E-state index contributed by atoms with van der Waals surface area (Å²) in [5.41, 5.74) is 17.0. The predicted molar refractivity (Wildman–Crippen MR) is 107 cm³/mol. The molecule has 2 rings (SSSR count). The molecule has 0 saturated carbocycles. The lowest BCUT2D eigenvalue weighted by Gasteiger charge is -2.18. The van der Waals surface area contributed by atoms with E-state index >= 15 is 0 Å². The van der Waals surface area contributed by atoms with Crippen molar-refractivity contribution in [1.82, 2.24) is 5.32 Å². The molecule has 1 aromatic heterocycles. The zero-order valence-corrected chi connectivity index (χ0v) is 15.5. The molecule has 0 aliphatic rings. The number of hydrogen-bond donors (Lipinski definition) is 5. The maximum absolute atomic E-state index is 12.6. The summed E-state index contributed by atoms with van der Waals surface area (Å²) in [4.78, 5) is 39.7. The number of hydrogen-bond acceptors (Lipinski definition) is 6. The van der Waals surface area contributed by atoms with E-state index in [9.17, 15) is 14.4 Å². The SMILES string of the molecule is Cc1cc(=O)oc2cc(NC(=O)[C@@H](CCCN=C(N)N)NC(=O)CN)ccc12. The van der Waals surface area contributed by atoms with Gasteiger partial charge in [0.05, 0.1) is 6.54 Å². The van der Waals surface area contributed by atoms with Crippen LogP contribution in [0.2, 0.25) is 0 Å². The van der Waals surface area contributed by atoms with Gasteiger partial charge in [0.15, 0.2) is 5.96 Å². The van der Waals surface area contributed by atoms with E-state index in [0.29, 0.717) is 30.7 Å². The Balaban J connectivity index is 2.14. The summed E-state index contributed by atoms with van der Waals surface area (Å²) in [6.07, 6.45) is 0.794. The monoisotopic (exact) mass is 388 g/mol. The number of amides is 2. The molecule has 28 heavy (non-hydrogen) atoms. The highest BCUT2D eigenvalue weighted by Gasteiger charge is 2.20. The Hall–Kier alpha value is -3.40. The van der Waals surface area contributed by atoms with E-state index in [1.165, 1.54) is 6.07 Å². The third-order valence-electron chi connectivity index (χ3n) is 4.00. The number of aliphatic imine (C=N–C) groups is 1. The number of rotatable bonds is 8. The summed E-state index contributed by atoms with van der Waals surface area (Å²) in [5, 5.41) is 6.05. The third kappa shape index (κ3) is 5.81. The number of aryl methyl sites for hydroxylation is 1. The molecule has 1 atom stereocenters. The molecule has 10 heteroatoms. The van der Waals surface area contributed by atoms with E-state index in [1.54, 1.807) is 25.1 Å². The Morgan fingerprint density at radius 3 is 2.68 bits per heavy atom. The van der Waals surface area contributed by atoms with Crippen molar-refractivity contribution in [2.75, 3.05) is 18.4 Å². The molecule has 0 bridgehead atoms. The molecule has 10 nitrogen and oxygen atoms in total. The molecule has 2 amide bonds. The van der Waals surface area contributed by atoms with E-state index in [2.05, 4.69) is 15.6 Å². The summed E-state index contributed by atoms with van der Waals surface area (Å²) in [6, 6.07) is 5.58. The maximum Gasteiger partial charge on any atom is 0.336 e. The largest absolute Gasteiger partial charge is 0.423 e. The normalized spacial score (nSPS) is 11.6. The Morgan fingerprint density at radius 1 is 1.25 bits per heavy atom. The summed E-state index contributed by atoms with van der Waals surface area (Å²) in [5.74, 6) is -0.928. The number of nitrogens with two attached hydrogens (primary N) is 3. The van der Waals surface area contributed by atoms with Crippen LogP contribution in [0, 0.1) is 6.92 Å². The van der Waals surface area contributed by atoms with Crippen LogP contribution in [0.3, 0.4) is 0 Å². The van der Waals surface area contributed by atoms with Gasteiger partial charge in [0.1, 0.15) is 11.6 Å². The molecule has 0 unspecified atom stereocenters. The lowest BCUT2D eigenvalue weighted by Crippen LogP contribution is -2.46. The van der Waals surface area contributed by atoms with E-state index in [-0.39, 0.29) is 12.5 Å². The number of carbonyl (C=O) groups excluding carboxylic acids is 2. The van der Waals surface area contributed by atoms with Crippen molar-refractivity contribution in [3.8, 4) is 0 Å². The van der Waals surface area contributed by atoms with E-state index in [0.717, 1.165) is 10.9 Å². The molecule has 2 aromatic rings. The first kappa shape index (κ1) is 20.9. The van der Waals surface area contributed by atoms with E-state index in [1.807, 2.05) is 0 Å². The quantitative estimate of drug-likeness (QED) is 0.175. The third-order valence-corrected chi connectivity index (χ3v) is 4.00. The first-order valence-corrected chi connectivity index (χ1v) is 8.70. The first-order valence-electron chi connectivity index (χ1n) is 8.70.